The zero-order valence-electron chi connectivity index (χ0n) is 12.4. The standard InChI is InChI=1S/C17H14N2O4/c1-23-13-8-3-2-5-10(13)9-14-18-12-7-4-6-11(17(21)22)15(12)16(20)19-14/h2-8H,9H2,1H3,(H,21,22)(H,18,19,20). The molecule has 6 nitrogen and oxygen atoms in total. The van der Waals surface area contributed by atoms with Gasteiger partial charge >= 0.3 is 5.97 Å². The maximum absolute atomic E-state index is 12.3. The number of para-hydroxylation sites is 1. The fourth-order valence-corrected chi connectivity index (χ4v) is 2.53. The molecule has 0 saturated heterocycles. The zero-order chi connectivity index (χ0) is 16.4. The van der Waals surface area contributed by atoms with Gasteiger partial charge in [-0.1, -0.05) is 24.3 Å². The molecule has 0 aliphatic rings. The van der Waals surface area contributed by atoms with E-state index in [1.165, 1.54) is 6.07 Å². The van der Waals surface area contributed by atoms with Crippen LogP contribution in [-0.2, 0) is 6.42 Å². The minimum atomic E-state index is -1.15. The average molecular weight is 310 g/mol. The lowest BCUT2D eigenvalue weighted by atomic mass is 10.1. The molecule has 3 rings (SSSR count). The number of carboxylic acid groups (broad SMARTS) is 1. The molecule has 1 heterocycles. The summed E-state index contributed by atoms with van der Waals surface area (Å²) in [7, 11) is 1.58. The lowest BCUT2D eigenvalue weighted by Crippen LogP contribution is -2.15. The van der Waals surface area contributed by atoms with Crippen LogP contribution in [0.2, 0.25) is 0 Å². The number of methoxy groups -OCH3 is 1. The number of ether oxygens (including phenoxy) is 1. The molecular weight excluding hydrogens is 296 g/mol. The molecule has 0 saturated carbocycles. The fraction of sp³-hybridized carbons (Fsp3) is 0.118. The van der Waals surface area contributed by atoms with Crippen molar-refractivity contribution >= 4 is 16.9 Å². The quantitative estimate of drug-likeness (QED) is 0.771. The number of benzene rings is 2. The molecule has 3 aromatic rings. The van der Waals surface area contributed by atoms with E-state index in [9.17, 15) is 14.7 Å². The summed E-state index contributed by atoms with van der Waals surface area (Å²) in [5.74, 6) is 0.00412. The first kappa shape index (κ1) is 14.8. The Labute approximate surface area is 131 Å². The molecular formula is C17H14N2O4. The molecule has 0 unspecified atom stereocenters. The van der Waals surface area contributed by atoms with E-state index < -0.39 is 11.5 Å². The summed E-state index contributed by atoms with van der Waals surface area (Å²) in [6, 6.07) is 12.0. The molecule has 0 aliphatic heterocycles. The fourth-order valence-electron chi connectivity index (χ4n) is 2.53. The third-order valence-corrected chi connectivity index (χ3v) is 3.56. The number of rotatable bonds is 4. The molecule has 0 fully saturated rings. The van der Waals surface area contributed by atoms with Gasteiger partial charge in [0, 0.05) is 12.0 Å². The molecule has 0 amide bonds. The van der Waals surface area contributed by atoms with Gasteiger partial charge < -0.3 is 14.8 Å². The van der Waals surface area contributed by atoms with Crippen LogP contribution in [0.25, 0.3) is 10.9 Å². The van der Waals surface area contributed by atoms with Crippen molar-refractivity contribution in [2.45, 2.75) is 6.42 Å². The predicted molar refractivity (Wildman–Crippen MR) is 85.1 cm³/mol. The first-order valence-corrected chi connectivity index (χ1v) is 6.97. The van der Waals surface area contributed by atoms with Gasteiger partial charge in [-0.3, -0.25) is 4.79 Å². The Hall–Kier alpha value is -3.15. The van der Waals surface area contributed by atoms with E-state index in [1.807, 2.05) is 24.3 Å². The average Bonchev–Trinajstić information content (AvgIpc) is 2.54. The smallest absolute Gasteiger partial charge is 0.336 e. The highest BCUT2D eigenvalue weighted by Gasteiger charge is 2.14. The Bertz CT molecular complexity index is 947. The lowest BCUT2D eigenvalue weighted by Gasteiger charge is -2.08. The van der Waals surface area contributed by atoms with Gasteiger partial charge in [-0.15, -0.1) is 0 Å². The number of H-pyrrole nitrogens is 1. The van der Waals surface area contributed by atoms with Gasteiger partial charge in [-0.25, -0.2) is 9.78 Å². The summed E-state index contributed by atoms with van der Waals surface area (Å²) in [5, 5.41) is 9.27. The molecule has 116 valence electrons. The highest BCUT2D eigenvalue weighted by atomic mass is 16.5. The van der Waals surface area contributed by atoms with E-state index in [0.29, 0.717) is 23.5 Å². The molecule has 0 aliphatic carbocycles. The minimum absolute atomic E-state index is 0.0555. The normalized spacial score (nSPS) is 10.7. The van der Waals surface area contributed by atoms with Crippen molar-refractivity contribution in [3.05, 3.63) is 69.8 Å². The van der Waals surface area contributed by atoms with Crippen molar-refractivity contribution in [1.82, 2.24) is 9.97 Å². The van der Waals surface area contributed by atoms with Crippen LogP contribution in [0.3, 0.4) is 0 Å². The second-order valence-corrected chi connectivity index (χ2v) is 5.01. The van der Waals surface area contributed by atoms with Gasteiger partial charge in [0.15, 0.2) is 0 Å². The van der Waals surface area contributed by atoms with E-state index in [0.717, 1.165) is 5.56 Å². The van der Waals surface area contributed by atoms with E-state index >= 15 is 0 Å². The van der Waals surface area contributed by atoms with Crippen LogP contribution in [0.4, 0.5) is 0 Å². The molecule has 2 N–H and O–H groups in total. The van der Waals surface area contributed by atoms with E-state index in [1.54, 1.807) is 19.2 Å². The van der Waals surface area contributed by atoms with Gasteiger partial charge in [0.2, 0.25) is 0 Å². The van der Waals surface area contributed by atoms with Gasteiger partial charge in [-0.05, 0) is 18.2 Å². The Morgan fingerprint density at radius 2 is 2.00 bits per heavy atom. The Kier molecular flexibility index (Phi) is 3.80. The van der Waals surface area contributed by atoms with E-state index in [4.69, 9.17) is 4.74 Å². The zero-order valence-corrected chi connectivity index (χ0v) is 12.4. The van der Waals surface area contributed by atoms with Crippen LogP contribution >= 0.6 is 0 Å². The minimum Gasteiger partial charge on any atom is -0.496 e. The number of nitrogens with zero attached hydrogens (tertiary/aromatic N) is 1. The molecule has 0 radical (unpaired) electrons. The Morgan fingerprint density at radius 3 is 2.74 bits per heavy atom. The number of hydrogen-bond donors (Lipinski definition) is 2. The highest BCUT2D eigenvalue weighted by molar-refractivity contribution is 6.02. The Balaban J connectivity index is 2.11. The van der Waals surface area contributed by atoms with Gasteiger partial charge in [0.1, 0.15) is 11.6 Å². The second kappa shape index (κ2) is 5.92. The van der Waals surface area contributed by atoms with Crippen molar-refractivity contribution in [1.29, 1.82) is 0 Å². The van der Waals surface area contributed by atoms with Crippen molar-refractivity contribution in [3.8, 4) is 5.75 Å². The van der Waals surface area contributed by atoms with Crippen LogP contribution in [0, 0.1) is 0 Å². The van der Waals surface area contributed by atoms with Gasteiger partial charge in [0.05, 0.1) is 23.6 Å². The monoisotopic (exact) mass is 310 g/mol. The van der Waals surface area contributed by atoms with Gasteiger partial charge in [0.25, 0.3) is 5.56 Å². The van der Waals surface area contributed by atoms with Crippen molar-refractivity contribution in [2.75, 3.05) is 7.11 Å². The number of fused-ring (bicyclic) bond motifs is 1. The summed E-state index contributed by atoms with van der Waals surface area (Å²) >= 11 is 0. The topological polar surface area (TPSA) is 92.3 Å². The molecule has 2 aromatic carbocycles. The number of aromatic carboxylic acids is 1. The van der Waals surface area contributed by atoms with Crippen molar-refractivity contribution in [2.24, 2.45) is 0 Å². The number of aromatic amines is 1. The van der Waals surface area contributed by atoms with Crippen LogP contribution in [0.5, 0.6) is 5.75 Å². The summed E-state index contributed by atoms with van der Waals surface area (Å²) < 4.78 is 5.29. The van der Waals surface area contributed by atoms with Crippen LogP contribution in [0.1, 0.15) is 21.7 Å². The first-order valence-electron chi connectivity index (χ1n) is 6.97. The van der Waals surface area contributed by atoms with Gasteiger partial charge in [-0.2, -0.15) is 0 Å². The summed E-state index contributed by atoms with van der Waals surface area (Å²) in [6.45, 7) is 0. The number of aromatic nitrogens is 2. The molecule has 6 heteroatoms. The van der Waals surface area contributed by atoms with Crippen LogP contribution in [-0.4, -0.2) is 28.2 Å². The van der Waals surface area contributed by atoms with Crippen molar-refractivity contribution < 1.29 is 14.6 Å². The summed E-state index contributed by atoms with van der Waals surface area (Å²) in [4.78, 5) is 30.5. The first-order chi connectivity index (χ1) is 11.1. The van der Waals surface area contributed by atoms with E-state index in [-0.39, 0.29) is 10.9 Å². The SMILES string of the molecule is COc1ccccc1Cc1nc2cccc(C(=O)O)c2c(=O)[nH]1. The van der Waals surface area contributed by atoms with Crippen LogP contribution in [0.15, 0.2) is 47.3 Å². The molecule has 23 heavy (non-hydrogen) atoms. The number of hydrogen-bond acceptors (Lipinski definition) is 4. The largest absolute Gasteiger partial charge is 0.496 e. The summed E-state index contributed by atoms with van der Waals surface area (Å²) in [5.41, 5.74) is 0.725. The predicted octanol–water partition coefficient (Wildman–Crippen LogP) is 2.22. The van der Waals surface area contributed by atoms with Crippen LogP contribution < -0.4 is 10.3 Å². The third kappa shape index (κ3) is 2.78. The molecule has 0 bridgehead atoms. The number of nitrogens with one attached hydrogen (secondary N) is 1. The third-order valence-electron chi connectivity index (χ3n) is 3.56. The van der Waals surface area contributed by atoms with Crippen molar-refractivity contribution in [3.63, 3.8) is 0 Å². The lowest BCUT2D eigenvalue weighted by molar-refractivity contribution is 0.0699. The number of carbonyl (C=O) groups is 1. The van der Waals surface area contributed by atoms with E-state index in [2.05, 4.69) is 9.97 Å². The maximum Gasteiger partial charge on any atom is 0.336 e. The highest BCUT2D eigenvalue weighted by Crippen LogP contribution is 2.20. The Morgan fingerprint density at radius 1 is 1.22 bits per heavy atom. The summed E-state index contributed by atoms with van der Waals surface area (Å²) in [6.07, 6.45) is 0.381. The number of carboxylic acids is 1. The molecule has 0 spiro atoms. The molecule has 1 aromatic heterocycles. The second-order valence-electron chi connectivity index (χ2n) is 5.01. The maximum atomic E-state index is 12.3. The molecule has 0 atom stereocenters.